The van der Waals surface area contributed by atoms with Crippen LogP contribution in [-0.4, -0.2) is 37.2 Å². The fourth-order valence-corrected chi connectivity index (χ4v) is 8.34. The van der Waals surface area contributed by atoms with Gasteiger partial charge in [-0.25, -0.2) is 0 Å². The van der Waals surface area contributed by atoms with Crippen molar-refractivity contribution in [3.63, 3.8) is 0 Å². The number of hydrogen-bond donors (Lipinski definition) is 0. The fraction of sp³-hybridized carbons (Fsp3) is 0.945. The van der Waals surface area contributed by atoms with Crippen molar-refractivity contribution in [3.8, 4) is 0 Å². The Morgan fingerprint density at radius 1 is 0.311 bits per heavy atom. The van der Waals surface area contributed by atoms with Gasteiger partial charge < -0.3 is 14.2 Å². The molecule has 1 atom stereocenters. The molecule has 0 aromatic carbocycles. The maximum absolute atomic E-state index is 12.8. The van der Waals surface area contributed by atoms with Crippen molar-refractivity contribution in [2.24, 2.45) is 11.8 Å². The number of unbranched alkanes of at least 4 members (excludes halogenated alkanes) is 34. The monoisotopic (exact) mass is 863 g/mol. The van der Waals surface area contributed by atoms with E-state index in [2.05, 4.69) is 34.6 Å². The number of ether oxygens (including phenoxy) is 3. The Labute approximate surface area is 380 Å². The molecule has 6 nitrogen and oxygen atoms in total. The van der Waals surface area contributed by atoms with E-state index in [-0.39, 0.29) is 31.1 Å². The van der Waals surface area contributed by atoms with Gasteiger partial charge in [0.2, 0.25) is 0 Å². The molecule has 0 rings (SSSR count). The second-order valence-corrected chi connectivity index (χ2v) is 19.8. The van der Waals surface area contributed by atoms with Crippen LogP contribution >= 0.6 is 0 Å². The molecule has 0 aliphatic carbocycles. The first-order valence-electron chi connectivity index (χ1n) is 27.2. The van der Waals surface area contributed by atoms with E-state index < -0.39 is 6.10 Å². The molecule has 6 heteroatoms. The first-order valence-corrected chi connectivity index (χ1v) is 27.2. The van der Waals surface area contributed by atoms with Crippen LogP contribution in [0.25, 0.3) is 0 Å². The molecule has 362 valence electrons. The van der Waals surface area contributed by atoms with Crippen molar-refractivity contribution in [1.29, 1.82) is 0 Å². The lowest BCUT2D eigenvalue weighted by atomic mass is 10.0. The Balaban J connectivity index is 4.29. The molecule has 0 aromatic heterocycles. The largest absolute Gasteiger partial charge is 0.462 e. The van der Waals surface area contributed by atoms with Gasteiger partial charge in [-0.15, -0.1) is 0 Å². The summed E-state index contributed by atoms with van der Waals surface area (Å²) < 4.78 is 16.8. The van der Waals surface area contributed by atoms with Gasteiger partial charge in [-0.2, -0.15) is 0 Å². The minimum Gasteiger partial charge on any atom is -0.462 e. The number of carbonyl (C=O) groups is 3. The molecular weight excluding hydrogens is 757 g/mol. The van der Waals surface area contributed by atoms with Gasteiger partial charge in [0.05, 0.1) is 0 Å². The predicted octanol–water partition coefficient (Wildman–Crippen LogP) is 17.7. The van der Waals surface area contributed by atoms with Gasteiger partial charge in [0.15, 0.2) is 6.10 Å². The van der Waals surface area contributed by atoms with Crippen LogP contribution in [-0.2, 0) is 28.6 Å². The van der Waals surface area contributed by atoms with Crippen LogP contribution in [0.4, 0.5) is 0 Å². The highest BCUT2D eigenvalue weighted by Crippen LogP contribution is 2.18. The molecule has 0 amide bonds. The molecule has 0 bridgehead atoms. The Bertz CT molecular complexity index is 931. The summed E-state index contributed by atoms with van der Waals surface area (Å²) >= 11 is 0. The third kappa shape index (κ3) is 49.3. The average molecular weight is 863 g/mol. The summed E-state index contributed by atoms with van der Waals surface area (Å²) in [5.74, 6) is 0.812. The standard InChI is InChI=1S/C55H106O6/c1-6-7-8-9-10-11-12-16-20-25-30-35-40-45-53(56)59-48-52(49-60-54(57)46-41-36-31-27-22-24-29-34-39-44-51(4)5)61-55(58)47-42-37-32-26-21-18-15-13-14-17-19-23-28-33-38-43-50(2)3/h50-52H,6-49H2,1-5H3/t52-/m1/s1. The van der Waals surface area contributed by atoms with Crippen LogP contribution in [0.3, 0.4) is 0 Å². The Hall–Kier alpha value is -1.59. The normalized spacial score (nSPS) is 12.0. The minimum atomic E-state index is -0.762. The van der Waals surface area contributed by atoms with Crippen LogP contribution < -0.4 is 0 Å². The molecule has 0 N–H and O–H groups in total. The van der Waals surface area contributed by atoms with E-state index in [0.717, 1.165) is 69.6 Å². The highest BCUT2D eigenvalue weighted by molar-refractivity contribution is 5.71. The van der Waals surface area contributed by atoms with Gasteiger partial charge in [0, 0.05) is 19.3 Å². The third-order valence-corrected chi connectivity index (χ3v) is 12.5. The first-order chi connectivity index (χ1) is 29.7. The predicted molar refractivity (Wildman–Crippen MR) is 261 cm³/mol. The van der Waals surface area contributed by atoms with Crippen molar-refractivity contribution in [2.75, 3.05) is 13.2 Å². The minimum absolute atomic E-state index is 0.0633. The van der Waals surface area contributed by atoms with Gasteiger partial charge in [-0.3, -0.25) is 14.4 Å². The Kier molecular flexibility index (Phi) is 46.6. The van der Waals surface area contributed by atoms with Gasteiger partial charge in [-0.05, 0) is 31.1 Å². The van der Waals surface area contributed by atoms with Crippen molar-refractivity contribution >= 4 is 17.9 Å². The van der Waals surface area contributed by atoms with E-state index in [1.807, 2.05) is 0 Å². The smallest absolute Gasteiger partial charge is 0.306 e. The average Bonchev–Trinajstić information content (AvgIpc) is 3.23. The van der Waals surface area contributed by atoms with Crippen molar-refractivity contribution in [3.05, 3.63) is 0 Å². The quantitative estimate of drug-likeness (QED) is 0.0344. The zero-order valence-electron chi connectivity index (χ0n) is 41.8. The third-order valence-electron chi connectivity index (χ3n) is 12.5. The van der Waals surface area contributed by atoms with E-state index >= 15 is 0 Å². The SMILES string of the molecule is CCCCCCCCCCCCCCCC(=O)OC[C@H](COC(=O)CCCCCCCCCCCC(C)C)OC(=O)CCCCCCCCCCCCCCCCCC(C)C. The lowest BCUT2D eigenvalue weighted by Gasteiger charge is -2.18. The van der Waals surface area contributed by atoms with Gasteiger partial charge in [0.1, 0.15) is 13.2 Å². The molecule has 0 fully saturated rings. The van der Waals surface area contributed by atoms with Crippen LogP contribution in [0.1, 0.15) is 304 Å². The molecule has 61 heavy (non-hydrogen) atoms. The summed E-state index contributed by atoms with van der Waals surface area (Å²) in [7, 11) is 0. The number of rotatable bonds is 49. The van der Waals surface area contributed by atoms with Gasteiger partial charge in [-0.1, -0.05) is 266 Å². The first kappa shape index (κ1) is 59.4. The summed E-state index contributed by atoms with van der Waals surface area (Å²) in [4.78, 5) is 38.0. The lowest BCUT2D eigenvalue weighted by molar-refractivity contribution is -0.167. The number of esters is 3. The number of carbonyl (C=O) groups excluding carboxylic acids is 3. The Morgan fingerprint density at radius 3 is 0.803 bits per heavy atom. The summed E-state index contributed by atoms with van der Waals surface area (Å²) in [5.41, 5.74) is 0. The molecule has 0 heterocycles. The molecule has 0 saturated heterocycles. The van der Waals surface area contributed by atoms with Crippen molar-refractivity contribution < 1.29 is 28.6 Å². The molecule has 0 aromatic rings. The van der Waals surface area contributed by atoms with Crippen LogP contribution in [0, 0.1) is 11.8 Å². The fourth-order valence-electron chi connectivity index (χ4n) is 8.34. The van der Waals surface area contributed by atoms with Crippen molar-refractivity contribution in [2.45, 2.75) is 310 Å². The maximum atomic E-state index is 12.8. The summed E-state index contributed by atoms with van der Waals surface area (Å²) in [5, 5.41) is 0. The molecular formula is C55H106O6. The molecule has 0 aliphatic rings. The zero-order chi connectivity index (χ0) is 44.7. The van der Waals surface area contributed by atoms with Crippen LogP contribution in [0.2, 0.25) is 0 Å². The van der Waals surface area contributed by atoms with E-state index in [1.165, 1.54) is 193 Å². The lowest BCUT2D eigenvalue weighted by Crippen LogP contribution is -2.30. The summed E-state index contributed by atoms with van der Waals surface area (Å²) in [6.45, 7) is 11.4. The van der Waals surface area contributed by atoms with E-state index in [1.54, 1.807) is 0 Å². The molecule has 0 aliphatic heterocycles. The molecule has 0 unspecified atom stereocenters. The van der Waals surface area contributed by atoms with Crippen LogP contribution in [0.15, 0.2) is 0 Å². The number of hydrogen-bond acceptors (Lipinski definition) is 6. The topological polar surface area (TPSA) is 78.9 Å². The molecule has 0 spiro atoms. The van der Waals surface area contributed by atoms with E-state index in [0.29, 0.717) is 19.3 Å². The highest BCUT2D eigenvalue weighted by atomic mass is 16.6. The second-order valence-electron chi connectivity index (χ2n) is 19.8. The van der Waals surface area contributed by atoms with Crippen molar-refractivity contribution in [1.82, 2.24) is 0 Å². The van der Waals surface area contributed by atoms with Gasteiger partial charge in [0.25, 0.3) is 0 Å². The van der Waals surface area contributed by atoms with Gasteiger partial charge >= 0.3 is 17.9 Å². The second kappa shape index (κ2) is 47.9. The zero-order valence-corrected chi connectivity index (χ0v) is 41.8. The Morgan fingerprint density at radius 2 is 0.541 bits per heavy atom. The summed E-state index contributed by atoms with van der Waals surface area (Å²) in [6.07, 6.45) is 49.5. The molecule has 0 saturated carbocycles. The van der Waals surface area contributed by atoms with Crippen LogP contribution in [0.5, 0.6) is 0 Å². The van der Waals surface area contributed by atoms with E-state index in [4.69, 9.17) is 14.2 Å². The van der Waals surface area contributed by atoms with E-state index in [9.17, 15) is 14.4 Å². The molecule has 0 radical (unpaired) electrons. The highest BCUT2D eigenvalue weighted by Gasteiger charge is 2.19. The maximum Gasteiger partial charge on any atom is 0.306 e. The summed E-state index contributed by atoms with van der Waals surface area (Å²) in [6, 6.07) is 0.